The van der Waals surface area contributed by atoms with Gasteiger partial charge in [0.1, 0.15) is 0 Å². The van der Waals surface area contributed by atoms with Gasteiger partial charge in [0, 0.05) is 17.1 Å². The first-order valence-corrected chi connectivity index (χ1v) is 5.27. The number of benzene rings is 1. The molecule has 1 fully saturated rings. The van der Waals surface area contributed by atoms with Gasteiger partial charge in [-0.3, -0.25) is 0 Å². The van der Waals surface area contributed by atoms with Crippen molar-refractivity contribution in [1.82, 2.24) is 5.32 Å². The van der Waals surface area contributed by atoms with Gasteiger partial charge in [-0.05, 0) is 30.5 Å². The second kappa shape index (κ2) is 3.89. The van der Waals surface area contributed by atoms with Crippen LogP contribution in [0.15, 0.2) is 24.3 Å². The van der Waals surface area contributed by atoms with Crippen LogP contribution in [0.2, 0.25) is 5.02 Å². The fourth-order valence-corrected chi connectivity index (χ4v) is 1.96. The Kier molecular flexibility index (Phi) is 2.77. The van der Waals surface area contributed by atoms with E-state index in [4.69, 9.17) is 16.7 Å². The number of nitrogens with one attached hydrogen (secondary N) is 1. The summed E-state index contributed by atoms with van der Waals surface area (Å²) < 4.78 is 0. The molecule has 0 spiro atoms. The summed E-state index contributed by atoms with van der Waals surface area (Å²) in [7, 11) is 0. The average molecular weight is 212 g/mol. The molecule has 14 heavy (non-hydrogen) atoms. The molecule has 76 valence electrons. The Hall–Kier alpha value is -0.570. The second-order valence-electron chi connectivity index (χ2n) is 3.74. The lowest BCUT2D eigenvalue weighted by atomic mass is 10.1. The molecule has 1 aromatic rings. The van der Waals surface area contributed by atoms with Gasteiger partial charge in [-0.25, -0.2) is 0 Å². The van der Waals surface area contributed by atoms with E-state index in [9.17, 15) is 0 Å². The monoisotopic (exact) mass is 211 g/mol. The van der Waals surface area contributed by atoms with E-state index in [0.717, 1.165) is 17.9 Å². The highest BCUT2D eigenvalue weighted by Crippen LogP contribution is 2.45. The molecule has 1 aliphatic rings. The molecule has 1 saturated carbocycles. The number of rotatable bonds is 4. The molecule has 0 unspecified atom stereocenters. The van der Waals surface area contributed by atoms with Crippen LogP contribution in [-0.2, 0) is 5.54 Å². The normalized spacial score (nSPS) is 18.1. The van der Waals surface area contributed by atoms with E-state index in [1.165, 1.54) is 5.56 Å². The Labute approximate surface area is 88.9 Å². The van der Waals surface area contributed by atoms with Crippen LogP contribution >= 0.6 is 11.6 Å². The Morgan fingerprint density at radius 3 is 2.79 bits per heavy atom. The van der Waals surface area contributed by atoms with Crippen LogP contribution in [0.3, 0.4) is 0 Å². The smallest absolute Gasteiger partial charge is 0.0556 e. The van der Waals surface area contributed by atoms with Crippen LogP contribution in [0.25, 0.3) is 0 Å². The van der Waals surface area contributed by atoms with Gasteiger partial charge < -0.3 is 10.4 Å². The fourth-order valence-electron chi connectivity index (χ4n) is 1.77. The minimum Gasteiger partial charge on any atom is -0.395 e. The lowest BCUT2D eigenvalue weighted by Crippen LogP contribution is -2.31. The van der Waals surface area contributed by atoms with Gasteiger partial charge in [0.15, 0.2) is 0 Å². The Morgan fingerprint density at radius 1 is 1.43 bits per heavy atom. The molecule has 0 atom stereocenters. The highest BCUT2D eigenvalue weighted by atomic mass is 35.5. The van der Waals surface area contributed by atoms with Crippen molar-refractivity contribution in [3.63, 3.8) is 0 Å². The number of aliphatic hydroxyl groups is 1. The van der Waals surface area contributed by atoms with Gasteiger partial charge in [-0.15, -0.1) is 0 Å². The minimum absolute atomic E-state index is 0.0909. The summed E-state index contributed by atoms with van der Waals surface area (Å²) in [4.78, 5) is 0. The Balaban J connectivity index is 2.14. The summed E-state index contributed by atoms with van der Waals surface area (Å²) in [5.41, 5.74) is 1.33. The molecule has 0 amide bonds. The highest BCUT2D eigenvalue weighted by molar-refractivity contribution is 6.30. The average Bonchev–Trinajstić information content (AvgIpc) is 2.96. The van der Waals surface area contributed by atoms with E-state index in [1.807, 2.05) is 18.2 Å². The van der Waals surface area contributed by atoms with Gasteiger partial charge in [0.05, 0.1) is 6.61 Å². The van der Waals surface area contributed by atoms with Gasteiger partial charge in [0.2, 0.25) is 0 Å². The molecule has 2 nitrogen and oxygen atoms in total. The quantitative estimate of drug-likeness (QED) is 0.798. The molecule has 2 N–H and O–H groups in total. The Bertz CT molecular complexity index is 323. The standard InChI is InChI=1S/C11H14ClNO/c12-10-3-1-2-9(8-10)11(4-5-11)13-6-7-14/h1-3,8,13-14H,4-7H2. The SMILES string of the molecule is OCCNC1(c2cccc(Cl)c2)CC1. The summed E-state index contributed by atoms with van der Waals surface area (Å²) in [6.45, 7) is 0.828. The molecular formula is C11H14ClNO. The van der Waals surface area contributed by atoms with Crippen molar-refractivity contribution >= 4 is 11.6 Å². The first-order valence-electron chi connectivity index (χ1n) is 4.89. The van der Waals surface area contributed by atoms with Crippen molar-refractivity contribution in [2.45, 2.75) is 18.4 Å². The summed E-state index contributed by atoms with van der Waals surface area (Å²) in [6, 6.07) is 7.94. The molecule has 2 rings (SSSR count). The number of hydrogen-bond acceptors (Lipinski definition) is 2. The van der Waals surface area contributed by atoms with Crippen molar-refractivity contribution in [1.29, 1.82) is 0 Å². The van der Waals surface area contributed by atoms with Gasteiger partial charge in [-0.2, -0.15) is 0 Å². The lowest BCUT2D eigenvalue weighted by molar-refractivity contribution is 0.281. The van der Waals surface area contributed by atoms with Crippen molar-refractivity contribution in [2.75, 3.05) is 13.2 Å². The molecule has 0 aliphatic heterocycles. The van der Waals surface area contributed by atoms with Crippen LogP contribution in [0.5, 0.6) is 0 Å². The largest absolute Gasteiger partial charge is 0.395 e. The zero-order valence-electron chi connectivity index (χ0n) is 7.96. The summed E-state index contributed by atoms with van der Waals surface area (Å²) in [5.74, 6) is 0. The molecule has 3 heteroatoms. The fraction of sp³-hybridized carbons (Fsp3) is 0.455. The molecule has 0 aromatic heterocycles. The zero-order chi connectivity index (χ0) is 10.0. The molecule has 0 heterocycles. The highest BCUT2D eigenvalue weighted by Gasteiger charge is 2.43. The summed E-state index contributed by atoms with van der Waals surface area (Å²) in [5, 5.41) is 12.9. The van der Waals surface area contributed by atoms with Gasteiger partial charge in [0.25, 0.3) is 0 Å². The van der Waals surface area contributed by atoms with E-state index in [0.29, 0.717) is 6.54 Å². The predicted octanol–water partition coefficient (Wildman–Crippen LogP) is 1.91. The lowest BCUT2D eigenvalue weighted by Gasteiger charge is -2.17. The first-order chi connectivity index (χ1) is 6.77. The topological polar surface area (TPSA) is 32.3 Å². The Morgan fingerprint density at radius 2 is 2.21 bits per heavy atom. The van der Waals surface area contributed by atoms with E-state index in [2.05, 4.69) is 11.4 Å². The molecule has 1 aromatic carbocycles. The van der Waals surface area contributed by atoms with Gasteiger partial charge >= 0.3 is 0 Å². The molecular weight excluding hydrogens is 198 g/mol. The van der Waals surface area contributed by atoms with Crippen molar-refractivity contribution in [3.05, 3.63) is 34.9 Å². The molecule has 0 radical (unpaired) electrons. The summed E-state index contributed by atoms with van der Waals surface area (Å²) in [6.07, 6.45) is 2.26. The maximum absolute atomic E-state index is 8.77. The van der Waals surface area contributed by atoms with Crippen molar-refractivity contribution in [3.8, 4) is 0 Å². The number of aliphatic hydroxyl groups excluding tert-OH is 1. The van der Waals surface area contributed by atoms with E-state index in [1.54, 1.807) is 0 Å². The van der Waals surface area contributed by atoms with Crippen molar-refractivity contribution < 1.29 is 5.11 Å². The number of halogens is 1. The zero-order valence-corrected chi connectivity index (χ0v) is 8.72. The van der Waals surface area contributed by atoms with Crippen LogP contribution in [0.4, 0.5) is 0 Å². The molecule has 1 aliphatic carbocycles. The van der Waals surface area contributed by atoms with Gasteiger partial charge in [-0.1, -0.05) is 23.7 Å². The van der Waals surface area contributed by atoms with E-state index >= 15 is 0 Å². The van der Waals surface area contributed by atoms with Crippen LogP contribution in [0.1, 0.15) is 18.4 Å². The third kappa shape index (κ3) is 1.92. The predicted molar refractivity (Wildman–Crippen MR) is 57.5 cm³/mol. The third-order valence-corrected chi connectivity index (χ3v) is 2.94. The van der Waals surface area contributed by atoms with E-state index < -0.39 is 0 Å². The van der Waals surface area contributed by atoms with Crippen LogP contribution in [-0.4, -0.2) is 18.3 Å². The number of hydrogen-bond donors (Lipinski definition) is 2. The molecule has 0 saturated heterocycles. The van der Waals surface area contributed by atoms with Crippen molar-refractivity contribution in [2.24, 2.45) is 0 Å². The van der Waals surface area contributed by atoms with Crippen LogP contribution < -0.4 is 5.32 Å². The first kappa shape index (κ1) is 9.97. The van der Waals surface area contributed by atoms with E-state index in [-0.39, 0.29) is 12.1 Å². The molecule has 0 bridgehead atoms. The third-order valence-electron chi connectivity index (χ3n) is 2.70. The second-order valence-corrected chi connectivity index (χ2v) is 4.18. The maximum Gasteiger partial charge on any atom is 0.0556 e. The van der Waals surface area contributed by atoms with Crippen LogP contribution in [0, 0.1) is 0 Å². The maximum atomic E-state index is 8.77. The summed E-state index contributed by atoms with van der Waals surface area (Å²) >= 11 is 5.94. The minimum atomic E-state index is 0.0909.